The van der Waals surface area contributed by atoms with Gasteiger partial charge in [0.05, 0.1) is 76.0 Å². The Balaban J connectivity index is 1.84. The molecule has 0 N–H and O–H groups in total. The maximum Gasteiger partial charge on any atom is 0.339 e. The molecule has 0 aromatic heterocycles. The SMILES string of the molecule is COC(=O)c1c(C(=O)OC)c2c3c4c1Cc1c(C(=O)OC)c(C(=O)OC)c5c(c14)c1c(c(C(=O)OC)c(C(=O)OC)c(c31)C2)C5. The lowest BCUT2D eigenvalue weighted by Gasteiger charge is -2.17. The number of esters is 6. The average molecular weight is 613 g/mol. The van der Waals surface area contributed by atoms with Crippen LogP contribution in [0.25, 0.3) is 32.3 Å². The molecule has 0 radical (unpaired) electrons. The summed E-state index contributed by atoms with van der Waals surface area (Å²) in [6.07, 6.45) is -0.124. The molecule has 0 fully saturated rings. The second-order valence-electron chi connectivity index (χ2n) is 10.9. The van der Waals surface area contributed by atoms with Crippen molar-refractivity contribution in [2.45, 2.75) is 19.3 Å². The lowest BCUT2D eigenvalue weighted by atomic mass is 9.87. The molecule has 0 heterocycles. The summed E-state index contributed by atoms with van der Waals surface area (Å²) in [5.74, 6) is -4.87. The molecule has 0 saturated heterocycles. The minimum Gasteiger partial charge on any atom is -0.465 e. The summed E-state index contributed by atoms with van der Waals surface area (Å²) in [5.41, 5.74) is 2.05. The minimum atomic E-state index is -0.812. The molecule has 12 nitrogen and oxygen atoms in total. The first-order chi connectivity index (χ1) is 21.6. The van der Waals surface area contributed by atoms with E-state index in [1.807, 2.05) is 0 Å². The zero-order valence-corrected chi connectivity index (χ0v) is 25.0. The van der Waals surface area contributed by atoms with Gasteiger partial charge in [-0.3, -0.25) is 0 Å². The Kier molecular flexibility index (Phi) is 5.96. The van der Waals surface area contributed by atoms with Gasteiger partial charge in [0.15, 0.2) is 0 Å². The standard InChI is InChI=1S/C33H24O12/c1-40-28(34)22-10-7-12-18-16(10)17-11(23(22)29(35)41-2)8-13-19(17)21-15(27(33(39)45-6)25(13)31(37)43-4)9-14(20(18)21)26(32(38)44-5)24(12)30(36)42-3/h7-9H2,1-6H3. The highest BCUT2D eigenvalue weighted by Crippen LogP contribution is 2.58. The molecule has 0 unspecified atom stereocenters. The van der Waals surface area contributed by atoms with Crippen molar-refractivity contribution in [3.8, 4) is 0 Å². The Hall–Kier alpha value is -5.52. The fourth-order valence-corrected chi connectivity index (χ4v) is 7.77. The van der Waals surface area contributed by atoms with Crippen molar-refractivity contribution in [1.29, 1.82) is 0 Å². The summed E-state index contributed by atoms with van der Waals surface area (Å²) >= 11 is 0. The average Bonchev–Trinajstić information content (AvgIpc) is 3.75. The third-order valence-corrected chi connectivity index (χ3v) is 9.27. The Labute approximate surface area is 254 Å². The van der Waals surface area contributed by atoms with Crippen LogP contribution in [0.4, 0.5) is 0 Å². The molecular weight excluding hydrogens is 588 g/mol. The fraction of sp³-hybridized carbons (Fsp3) is 0.273. The van der Waals surface area contributed by atoms with Gasteiger partial charge in [-0.25, -0.2) is 28.8 Å². The Bertz CT molecular complexity index is 1780. The molecule has 0 atom stereocenters. The molecule has 0 bridgehead atoms. The van der Waals surface area contributed by atoms with Crippen molar-refractivity contribution >= 4 is 68.1 Å². The van der Waals surface area contributed by atoms with Crippen LogP contribution in [0.3, 0.4) is 0 Å². The van der Waals surface area contributed by atoms with Crippen LogP contribution in [0, 0.1) is 0 Å². The molecule has 12 heteroatoms. The number of methoxy groups -OCH3 is 6. The molecule has 7 rings (SSSR count). The molecule has 0 spiro atoms. The monoisotopic (exact) mass is 612 g/mol. The molecule has 0 amide bonds. The molecule has 3 aliphatic carbocycles. The van der Waals surface area contributed by atoms with Crippen LogP contribution in [0.5, 0.6) is 0 Å². The molecular formula is C33H24O12. The highest BCUT2D eigenvalue weighted by atomic mass is 16.5. The predicted molar refractivity (Wildman–Crippen MR) is 155 cm³/mol. The first-order valence-corrected chi connectivity index (χ1v) is 13.8. The van der Waals surface area contributed by atoms with Crippen molar-refractivity contribution in [3.05, 3.63) is 66.8 Å². The Morgan fingerprint density at radius 2 is 0.444 bits per heavy atom. The van der Waals surface area contributed by atoms with E-state index in [1.54, 1.807) is 0 Å². The van der Waals surface area contributed by atoms with Crippen LogP contribution in [0.15, 0.2) is 0 Å². The van der Waals surface area contributed by atoms with E-state index in [1.165, 1.54) is 42.7 Å². The second-order valence-corrected chi connectivity index (χ2v) is 10.9. The molecule has 0 aliphatic heterocycles. The topological polar surface area (TPSA) is 158 Å². The van der Waals surface area contributed by atoms with Crippen molar-refractivity contribution < 1.29 is 57.2 Å². The lowest BCUT2D eigenvalue weighted by Crippen LogP contribution is -2.18. The van der Waals surface area contributed by atoms with E-state index in [9.17, 15) is 28.8 Å². The van der Waals surface area contributed by atoms with E-state index in [0.717, 1.165) is 0 Å². The summed E-state index contributed by atoms with van der Waals surface area (Å²) < 4.78 is 30.9. The van der Waals surface area contributed by atoms with E-state index in [2.05, 4.69) is 0 Å². The minimum absolute atomic E-state index is 0.0412. The second kappa shape index (κ2) is 9.49. The van der Waals surface area contributed by atoms with Gasteiger partial charge in [0, 0.05) is 19.3 Å². The van der Waals surface area contributed by atoms with E-state index in [-0.39, 0.29) is 52.6 Å². The summed E-state index contributed by atoms with van der Waals surface area (Å²) in [5, 5.41) is 3.45. The van der Waals surface area contributed by atoms with Crippen molar-refractivity contribution in [2.24, 2.45) is 0 Å². The van der Waals surface area contributed by atoms with Crippen LogP contribution in [-0.2, 0) is 47.7 Å². The van der Waals surface area contributed by atoms with E-state index in [0.29, 0.717) is 65.7 Å². The van der Waals surface area contributed by atoms with Crippen molar-refractivity contribution in [2.75, 3.05) is 42.7 Å². The number of benzene rings is 4. The van der Waals surface area contributed by atoms with Gasteiger partial charge in [0.25, 0.3) is 0 Å². The number of rotatable bonds is 6. The molecule has 4 aromatic rings. The number of carbonyl (C=O) groups excluding carboxylic acids is 6. The van der Waals surface area contributed by atoms with Crippen LogP contribution >= 0.6 is 0 Å². The smallest absolute Gasteiger partial charge is 0.339 e. The third-order valence-electron chi connectivity index (χ3n) is 9.27. The van der Waals surface area contributed by atoms with Crippen molar-refractivity contribution in [1.82, 2.24) is 0 Å². The van der Waals surface area contributed by atoms with Gasteiger partial charge in [-0.15, -0.1) is 0 Å². The molecule has 3 aliphatic rings. The molecule has 228 valence electrons. The van der Waals surface area contributed by atoms with Gasteiger partial charge >= 0.3 is 35.8 Å². The van der Waals surface area contributed by atoms with Gasteiger partial charge in [-0.2, -0.15) is 0 Å². The molecule has 0 saturated carbocycles. The highest BCUT2D eigenvalue weighted by molar-refractivity contribution is 6.38. The van der Waals surface area contributed by atoms with Crippen LogP contribution in [-0.4, -0.2) is 78.5 Å². The molecule has 45 heavy (non-hydrogen) atoms. The largest absolute Gasteiger partial charge is 0.465 e. The van der Waals surface area contributed by atoms with E-state index in [4.69, 9.17) is 28.4 Å². The van der Waals surface area contributed by atoms with Crippen LogP contribution in [0.2, 0.25) is 0 Å². The van der Waals surface area contributed by atoms with Gasteiger partial charge in [-0.1, -0.05) is 0 Å². The lowest BCUT2D eigenvalue weighted by molar-refractivity contribution is 0.0552. The first-order valence-electron chi connectivity index (χ1n) is 13.8. The number of hydrogen-bond acceptors (Lipinski definition) is 12. The maximum absolute atomic E-state index is 13.5. The third kappa shape index (κ3) is 3.20. The summed E-state index contributed by atoms with van der Waals surface area (Å²) in [4.78, 5) is 81.0. The van der Waals surface area contributed by atoms with Gasteiger partial charge in [-0.05, 0) is 65.7 Å². The summed E-state index contributed by atoms with van der Waals surface area (Å²) in [6.45, 7) is 0. The Morgan fingerprint density at radius 3 is 0.556 bits per heavy atom. The summed E-state index contributed by atoms with van der Waals surface area (Å²) in [6, 6.07) is 0. The normalized spacial score (nSPS) is 12.9. The highest BCUT2D eigenvalue weighted by Gasteiger charge is 2.45. The predicted octanol–water partition coefficient (Wildman–Crippen LogP) is 3.58. The fourth-order valence-electron chi connectivity index (χ4n) is 7.77. The number of hydrogen-bond donors (Lipinski definition) is 0. The molecule has 4 aromatic carbocycles. The Morgan fingerprint density at radius 1 is 0.311 bits per heavy atom. The quantitative estimate of drug-likeness (QED) is 0.153. The van der Waals surface area contributed by atoms with Gasteiger partial charge in [0.2, 0.25) is 0 Å². The van der Waals surface area contributed by atoms with Crippen molar-refractivity contribution in [3.63, 3.8) is 0 Å². The zero-order chi connectivity index (χ0) is 32.2. The number of carbonyl (C=O) groups is 6. The van der Waals surface area contributed by atoms with E-state index >= 15 is 0 Å². The zero-order valence-electron chi connectivity index (χ0n) is 25.0. The van der Waals surface area contributed by atoms with Crippen LogP contribution in [0.1, 0.15) is 95.5 Å². The van der Waals surface area contributed by atoms with Crippen LogP contribution < -0.4 is 0 Å². The van der Waals surface area contributed by atoms with Gasteiger partial charge in [0.1, 0.15) is 0 Å². The summed E-state index contributed by atoms with van der Waals surface area (Å²) in [7, 11) is 7.09. The maximum atomic E-state index is 13.5. The number of ether oxygens (including phenoxy) is 6. The van der Waals surface area contributed by atoms with E-state index < -0.39 is 35.8 Å². The first kappa shape index (κ1) is 28.3. The van der Waals surface area contributed by atoms with Gasteiger partial charge < -0.3 is 28.4 Å².